The highest BCUT2D eigenvalue weighted by Gasteiger charge is 2.41. The van der Waals surface area contributed by atoms with Crippen LogP contribution in [-0.2, 0) is 4.57 Å². The summed E-state index contributed by atoms with van der Waals surface area (Å²) in [6, 6.07) is 54.6. The highest BCUT2D eigenvalue weighted by molar-refractivity contribution is 7.85. The molecule has 4 heteroatoms. The molecule has 7 aromatic carbocycles. The maximum atomic E-state index is 16.4. The van der Waals surface area contributed by atoms with Crippen molar-refractivity contribution in [3.8, 4) is 28.0 Å². The third kappa shape index (κ3) is 4.53. The summed E-state index contributed by atoms with van der Waals surface area (Å²) < 4.78 is 23.4. The van der Waals surface area contributed by atoms with Crippen molar-refractivity contribution in [1.29, 1.82) is 0 Å². The minimum Gasteiger partial charge on any atom is -0.480 e. The van der Waals surface area contributed by atoms with Crippen molar-refractivity contribution in [2.45, 2.75) is 6.10 Å². The van der Waals surface area contributed by atoms with Crippen molar-refractivity contribution >= 4 is 45.4 Å². The van der Waals surface area contributed by atoms with Gasteiger partial charge in [-0.25, -0.2) is 0 Å². The maximum Gasteiger partial charge on any atom is 0.172 e. The first kappa shape index (κ1) is 27.7. The second-order valence-corrected chi connectivity index (χ2v) is 14.4. The molecule has 0 fully saturated rings. The van der Waals surface area contributed by atoms with Crippen molar-refractivity contribution in [3.05, 3.63) is 180 Å². The molecule has 0 saturated carbocycles. The van der Waals surface area contributed by atoms with Crippen LogP contribution >= 0.6 is 18.7 Å². The van der Waals surface area contributed by atoms with Gasteiger partial charge in [0.15, 0.2) is 13.2 Å². The first-order valence-corrected chi connectivity index (χ1v) is 17.1. The summed E-state index contributed by atoms with van der Waals surface area (Å²) in [7, 11) is -3.50. The molecule has 45 heavy (non-hydrogen) atoms. The molecule has 0 aromatic heterocycles. The van der Waals surface area contributed by atoms with E-state index in [0.29, 0.717) is 5.02 Å². The van der Waals surface area contributed by atoms with Crippen LogP contribution < -0.4 is 20.7 Å². The molecule has 7 aromatic rings. The molecule has 0 amide bonds. The second-order valence-electron chi connectivity index (χ2n) is 11.3. The maximum absolute atomic E-state index is 16.4. The summed E-state index contributed by atoms with van der Waals surface area (Å²) >= 11 is 6.79. The van der Waals surface area contributed by atoms with Crippen molar-refractivity contribution < 1.29 is 9.30 Å². The summed E-state index contributed by atoms with van der Waals surface area (Å²) in [6.07, 6.45) is -0.505. The molecule has 1 atom stereocenters. The van der Waals surface area contributed by atoms with Crippen LogP contribution in [-0.4, -0.2) is 0 Å². The van der Waals surface area contributed by atoms with E-state index < -0.39 is 13.2 Å². The van der Waals surface area contributed by atoms with Gasteiger partial charge in [0.1, 0.15) is 5.75 Å². The number of hydrogen-bond acceptors (Lipinski definition) is 2. The van der Waals surface area contributed by atoms with E-state index in [0.717, 1.165) is 65.8 Å². The molecule has 0 radical (unpaired) electrons. The number of ether oxygens (including phenoxy) is 1. The van der Waals surface area contributed by atoms with E-state index in [9.17, 15) is 0 Å². The minimum atomic E-state index is -3.50. The Hall–Kier alpha value is -4.88. The van der Waals surface area contributed by atoms with E-state index >= 15 is 4.57 Å². The van der Waals surface area contributed by atoms with E-state index in [2.05, 4.69) is 42.5 Å². The highest BCUT2D eigenvalue weighted by atomic mass is 35.5. The average Bonchev–Trinajstić information content (AvgIpc) is 3.11. The third-order valence-electron chi connectivity index (χ3n) is 8.66. The van der Waals surface area contributed by atoms with Crippen LogP contribution in [0.2, 0.25) is 5.02 Å². The van der Waals surface area contributed by atoms with Crippen LogP contribution in [0.3, 0.4) is 0 Å². The zero-order chi connectivity index (χ0) is 30.4. The molecule has 216 valence electrons. The molecule has 8 rings (SSSR count). The molecule has 1 aliphatic rings. The fourth-order valence-corrected chi connectivity index (χ4v) is 10.0. The van der Waals surface area contributed by atoms with Gasteiger partial charge in [0.05, 0.1) is 0 Å². The van der Waals surface area contributed by atoms with Crippen molar-refractivity contribution in [1.82, 2.24) is 0 Å². The fraction of sp³-hybridized carbons (Fsp3) is 0.0244. The molecule has 1 unspecified atom stereocenters. The summed E-state index contributed by atoms with van der Waals surface area (Å²) in [4.78, 5) is 0. The molecule has 0 N–H and O–H groups in total. The molecule has 0 bridgehead atoms. The number of halogens is 1. The summed E-state index contributed by atoms with van der Waals surface area (Å²) in [5.74, 6) is 0.789. The van der Waals surface area contributed by atoms with E-state index in [4.69, 9.17) is 16.3 Å². The van der Waals surface area contributed by atoms with Gasteiger partial charge >= 0.3 is 0 Å². The first-order valence-electron chi connectivity index (χ1n) is 15.0. The molecule has 0 spiro atoms. The van der Waals surface area contributed by atoms with E-state index in [-0.39, 0.29) is 0 Å². The van der Waals surface area contributed by atoms with E-state index in [1.807, 2.05) is 121 Å². The van der Waals surface area contributed by atoms with Gasteiger partial charge < -0.3 is 9.30 Å². The lowest BCUT2D eigenvalue weighted by Crippen LogP contribution is -2.32. The van der Waals surface area contributed by atoms with Gasteiger partial charge in [-0.05, 0) is 45.7 Å². The fourth-order valence-electron chi connectivity index (χ4n) is 6.75. The van der Waals surface area contributed by atoms with Gasteiger partial charge in [-0.3, -0.25) is 0 Å². The predicted molar refractivity (Wildman–Crippen MR) is 188 cm³/mol. The number of rotatable bonds is 5. The van der Waals surface area contributed by atoms with Crippen molar-refractivity contribution in [3.63, 3.8) is 0 Å². The molecule has 1 heterocycles. The van der Waals surface area contributed by atoms with Crippen LogP contribution in [0.4, 0.5) is 0 Å². The predicted octanol–water partition coefficient (Wildman–Crippen LogP) is 9.95. The number of para-hydroxylation sites is 1. The molecule has 0 saturated heterocycles. The van der Waals surface area contributed by atoms with Crippen LogP contribution in [0.15, 0.2) is 164 Å². The van der Waals surface area contributed by atoms with Crippen LogP contribution in [0.1, 0.15) is 17.2 Å². The SMILES string of the molecule is O=P(c1ccccc1)(c1ccccc1)c1c2c(c(-c3ccccc3)c3cc(Cl)ccc13)-c1ccccc1OC2c1ccccc1. The Morgan fingerprint density at radius 2 is 1.11 bits per heavy atom. The van der Waals surface area contributed by atoms with Crippen LogP contribution in [0.5, 0.6) is 5.75 Å². The second kappa shape index (κ2) is 11.2. The Kier molecular flexibility index (Phi) is 6.91. The molecule has 0 aliphatic carbocycles. The Morgan fingerprint density at radius 3 is 1.76 bits per heavy atom. The van der Waals surface area contributed by atoms with Crippen molar-refractivity contribution in [2.24, 2.45) is 0 Å². The van der Waals surface area contributed by atoms with Gasteiger partial charge in [0.25, 0.3) is 0 Å². The Labute approximate surface area is 267 Å². The quantitative estimate of drug-likeness (QED) is 0.179. The monoisotopic (exact) mass is 618 g/mol. The molecular formula is C41H28ClO2P. The summed E-state index contributed by atoms with van der Waals surface area (Å²) in [6.45, 7) is 0. The highest BCUT2D eigenvalue weighted by Crippen LogP contribution is 2.56. The first-order chi connectivity index (χ1) is 22.1. The number of fused-ring (bicyclic) bond motifs is 4. The lowest BCUT2D eigenvalue weighted by Gasteiger charge is -2.36. The lowest BCUT2D eigenvalue weighted by molar-refractivity contribution is 0.245. The zero-order valence-electron chi connectivity index (χ0n) is 24.3. The largest absolute Gasteiger partial charge is 0.480 e. The molecule has 2 nitrogen and oxygen atoms in total. The van der Waals surface area contributed by atoms with Gasteiger partial charge in [-0.1, -0.05) is 157 Å². The Morgan fingerprint density at radius 1 is 0.556 bits per heavy atom. The van der Waals surface area contributed by atoms with Crippen molar-refractivity contribution in [2.75, 3.05) is 0 Å². The van der Waals surface area contributed by atoms with Crippen LogP contribution in [0, 0.1) is 0 Å². The Balaban J connectivity index is 1.65. The summed E-state index contributed by atoms with van der Waals surface area (Å²) in [5.41, 5.74) is 6.02. The number of benzene rings is 7. The molecular weight excluding hydrogens is 591 g/mol. The topological polar surface area (TPSA) is 26.3 Å². The van der Waals surface area contributed by atoms with E-state index in [1.165, 1.54) is 0 Å². The lowest BCUT2D eigenvalue weighted by atomic mass is 9.81. The van der Waals surface area contributed by atoms with E-state index in [1.54, 1.807) is 0 Å². The van der Waals surface area contributed by atoms with Gasteiger partial charge in [-0.2, -0.15) is 0 Å². The number of hydrogen-bond donors (Lipinski definition) is 0. The van der Waals surface area contributed by atoms with Gasteiger partial charge in [0.2, 0.25) is 0 Å². The third-order valence-corrected chi connectivity index (χ3v) is 12.1. The standard InChI is InChI=1S/C41H28ClO2P/c42-30-25-26-33-35(27-30)37(28-15-5-1-6-16-28)38-34-23-13-14-24-36(34)44-40(29-17-7-2-8-18-29)39(38)41(33)45(43,31-19-9-3-10-20-31)32-21-11-4-12-22-32/h1-27,40H. The normalized spacial score (nSPS) is 13.9. The van der Waals surface area contributed by atoms with Crippen LogP contribution in [0.25, 0.3) is 33.0 Å². The minimum absolute atomic E-state index is 0.505. The Bertz CT molecular complexity index is 2170. The molecule has 1 aliphatic heterocycles. The smallest absolute Gasteiger partial charge is 0.172 e. The zero-order valence-corrected chi connectivity index (χ0v) is 26.0. The van der Waals surface area contributed by atoms with Gasteiger partial charge in [-0.15, -0.1) is 0 Å². The average molecular weight is 619 g/mol. The van der Waals surface area contributed by atoms with Gasteiger partial charge in [0, 0.05) is 37.6 Å². The summed E-state index contributed by atoms with van der Waals surface area (Å²) in [5, 5.41) is 4.81.